The van der Waals surface area contributed by atoms with E-state index in [1.54, 1.807) is 35.4 Å². The van der Waals surface area contributed by atoms with E-state index in [1.807, 2.05) is 6.92 Å². The second kappa shape index (κ2) is 9.79. The van der Waals surface area contributed by atoms with Crippen LogP contribution in [0.4, 0.5) is 5.95 Å². The summed E-state index contributed by atoms with van der Waals surface area (Å²) >= 11 is 0. The van der Waals surface area contributed by atoms with Crippen LogP contribution >= 0.6 is 0 Å². The number of esters is 1. The first-order chi connectivity index (χ1) is 17.1. The fourth-order valence-electron chi connectivity index (χ4n) is 3.77. The Morgan fingerprint density at radius 2 is 2.03 bits per heavy atom. The topological polar surface area (TPSA) is 152 Å². The van der Waals surface area contributed by atoms with E-state index in [4.69, 9.17) is 9.47 Å². The fourth-order valence-corrected chi connectivity index (χ4v) is 3.77. The monoisotopic (exact) mass is 477 g/mol. The number of anilines is 1. The maximum atomic E-state index is 11.9. The molecule has 4 aromatic heterocycles. The largest absolute Gasteiger partial charge is 0.486 e. The van der Waals surface area contributed by atoms with Gasteiger partial charge in [-0.2, -0.15) is 19.7 Å². The molecular weight excluding hydrogens is 454 g/mol. The van der Waals surface area contributed by atoms with E-state index in [-0.39, 0.29) is 18.3 Å². The number of pyridine rings is 1. The first-order valence-electron chi connectivity index (χ1n) is 11.0. The van der Waals surface area contributed by atoms with Crippen molar-refractivity contribution in [3.8, 4) is 11.6 Å². The highest BCUT2D eigenvalue weighted by atomic mass is 16.5. The summed E-state index contributed by atoms with van der Waals surface area (Å²) in [6, 6.07) is 5.34. The van der Waals surface area contributed by atoms with Crippen molar-refractivity contribution in [3.05, 3.63) is 54.0 Å². The molecule has 0 radical (unpaired) electrons. The number of rotatable bonds is 7. The van der Waals surface area contributed by atoms with Crippen molar-refractivity contribution in [2.75, 3.05) is 25.1 Å². The standard InChI is InChI=1S/C21H23N11O3/c1-14-9-18(20(33)34-2)26-21(25-14)30-7-5-16(6-8-30)32-24-10-15(27-32)12-35-17-3-4-19(22-11-17)31-13-23-28-29-31/h3-4,9-11,13,16H,5-8,12H2,1-2H3. The van der Waals surface area contributed by atoms with E-state index in [0.717, 1.165) is 37.3 Å². The minimum atomic E-state index is -0.471. The van der Waals surface area contributed by atoms with Gasteiger partial charge in [0.05, 0.1) is 25.5 Å². The number of methoxy groups -OCH3 is 1. The number of nitrogens with zero attached hydrogens (tertiary/aromatic N) is 11. The molecule has 1 aliphatic rings. The van der Waals surface area contributed by atoms with Crippen LogP contribution in [-0.2, 0) is 11.3 Å². The lowest BCUT2D eigenvalue weighted by Gasteiger charge is -2.31. The molecule has 0 amide bonds. The van der Waals surface area contributed by atoms with Gasteiger partial charge < -0.3 is 14.4 Å². The number of piperidine rings is 1. The third-order valence-corrected chi connectivity index (χ3v) is 5.56. The summed E-state index contributed by atoms with van der Waals surface area (Å²) in [5.74, 6) is 1.26. The maximum Gasteiger partial charge on any atom is 0.356 e. The molecule has 0 aliphatic carbocycles. The minimum Gasteiger partial charge on any atom is -0.486 e. The van der Waals surface area contributed by atoms with E-state index in [2.05, 4.69) is 45.6 Å². The highest BCUT2D eigenvalue weighted by molar-refractivity contribution is 5.87. The predicted octanol–water partition coefficient (Wildman–Crippen LogP) is 0.954. The van der Waals surface area contributed by atoms with E-state index < -0.39 is 5.97 Å². The summed E-state index contributed by atoms with van der Waals surface area (Å²) in [7, 11) is 1.34. The summed E-state index contributed by atoms with van der Waals surface area (Å²) in [4.78, 5) is 28.8. The number of carbonyl (C=O) groups excluding carboxylic acids is 1. The molecule has 0 bridgehead atoms. The van der Waals surface area contributed by atoms with Crippen LogP contribution in [0.1, 0.15) is 40.8 Å². The van der Waals surface area contributed by atoms with E-state index in [0.29, 0.717) is 17.5 Å². The molecule has 35 heavy (non-hydrogen) atoms. The van der Waals surface area contributed by atoms with Gasteiger partial charge in [-0.3, -0.25) is 0 Å². The zero-order valence-corrected chi connectivity index (χ0v) is 19.2. The van der Waals surface area contributed by atoms with E-state index >= 15 is 0 Å². The molecule has 14 heteroatoms. The lowest BCUT2D eigenvalue weighted by Crippen LogP contribution is -2.36. The zero-order chi connectivity index (χ0) is 24.2. The number of aryl methyl sites for hydroxylation is 1. The molecule has 0 atom stereocenters. The lowest BCUT2D eigenvalue weighted by molar-refractivity contribution is 0.0593. The fraction of sp³-hybridized carbons (Fsp3) is 0.381. The van der Waals surface area contributed by atoms with E-state index in [9.17, 15) is 4.79 Å². The average molecular weight is 477 g/mol. The maximum absolute atomic E-state index is 11.9. The van der Waals surface area contributed by atoms with Gasteiger partial charge in [-0.1, -0.05) is 0 Å². The molecule has 4 aromatic rings. The van der Waals surface area contributed by atoms with Gasteiger partial charge in [0.15, 0.2) is 11.5 Å². The van der Waals surface area contributed by atoms with Gasteiger partial charge in [-0.05, 0) is 48.4 Å². The van der Waals surface area contributed by atoms with Gasteiger partial charge in [0.1, 0.15) is 24.4 Å². The summed E-state index contributed by atoms with van der Waals surface area (Å²) < 4.78 is 12.0. The molecule has 1 saturated heterocycles. The van der Waals surface area contributed by atoms with Crippen molar-refractivity contribution in [2.24, 2.45) is 0 Å². The minimum absolute atomic E-state index is 0.155. The quantitative estimate of drug-likeness (QED) is 0.348. The van der Waals surface area contributed by atoms with Crippen LogP contribution in [0.25, 0.3) is 5.82 Å². The highest BCUT2D eigenvalue weighted by Gasteiger charge is 2.25. The summed E-state index contributed by atoms with van der Waals surface area (Å²) in [5, 5.41) is 20.0. The second-order valence-corrected chi connectivity index (χ2v) is 7.96. The number of carbonyl (C=O) groups is 1. The van der Waals surface area contributed by atoms with Gasteiger partial charge in [-0.25, -0.2) is 19.7 Å². The lowest BCUT2D eigenvalue weighted by atomic mass is 10.1. The Morgan fingerprint density at radius 1 is 1.17 bits per heavy atom. The first kappa shape index (κ1) is 22.3. The Bertz CT molecular complexity index is 1280. The molecule has 5 rings (SSSR count). The van der Waals surface area contributed by atoms with Gasteiger partial charge >= 0.3 is 5.97 Å². The van der Waals surface area contributed by atoms with Gasteiger partial charge in [0, 0.05) is 18.8 Å². The van der Waals surface area contributed by atoms with Gasteiger partial charge in [0.25, 0.3) is 0 Å². The van der Waals surface area contributed by atoms with Crippen LogP contribution in [0.5, 0.6) is 5.75 Å². The average Bonchev–Trinajstić information content (AvgIpc) is 3.60. The van der Waals surface area contributed by atoms with Gasteiger partial charge in [-0.15, -0.1) is 5.10 Å². The van der Waals surface area contributed by atoms with Crippen LogP contribution < -0.4 is 9.64 Å². The molecule has 0 N–H and O–H groups in total. The molecule has 14 nitrogen and oxygen atoms in total. The number of hydrogen-bond donors (Lipinski definition) is 0. The Kier molecular flexibility index (Phi) is 6.24. The second-order valence-electron chi connectivity index (χ2n) is 7.96. The van der Waals surface area contributed by atoms with Crippen LogP contribution in [0.2, 0.25) is 0 Å². The smallest absolute Gasteiger partial charge is 0.356 e. The molecule has 1 fully saturated rings. The Hall–Kier alpha value is -4.49. The normalized spacial score (nSPS) is 14.2. The van der Waals surface area contributed by atoms with Crippen molar-refractivity contribution in [1.29, 1.82) is 0 Å². The van der Waals surface area contributed by atoms with Crippen molar-refractivity contribution >= 4 is 11.9 Å². The van der Waals surface area contributed by atoms with Crippen molar-refractivity contribution in [3.63, 3.8) is 0 Å². The van der Waals surface area contributed by atoms with Crippen LogP contribution in [0, 0.1) is 6.92 Å². The summed E-state index contributed by atoms with van der Waals surface area (Å²) in [6.45, 7) is 3.56. The van der Waals surface area contributed by atoms with E-state index in [1.165, 1.54) is 18.1 Å². The van der Waals surface area contributed by atoms with Gasteiger partial charge in [0.2, 0.25) is 5.95 Å². The Labute approximate surface area is 199 Å². The number of ether oxygens (including phenoxy) is 2. The molecular formula is C21H23N11O3. The summed E-state index contributed by atoms with van der Waals surface area (Å²) in [5.41, 5.74) is 1.70. The highest BCUT2D eigenvalue weighted by Crippen LogP contribution is 2.24. The zero-order valence-electron chi connectivity index (χ0n) is 19.2. The van der Waals surface area contributed by atoms with Crippen molar-refractivity contribution < 1.29 is 14.3 Å². The number of hydrogen-bond acceptors (Lipinski definition) is 12. The molecule has 0 spiro atoms. The third kappa shape index (κ3) is 5.05. The summed E-state index contributed by atoms with van der Waals surface area (Å²) in [6.07, 6.45) is 6.43. The SMILES string of the molecule is COC(=O)c1cc(C)nc(N2CCC(n3ncc(COc4ccc(-n5cnnn5)nc4)n3)CC2)n1. The molecule has 0 saturated carbocycles. The predicted molar refractivity (Wildman–Crippen MR) is 120 cm³/mol. The third-order valence-electron chi connectivity index (χ3n) is 5.56. The molecule has 180 valence electrons. The molecule has 0 unspecified atom stereocenters. The van der Waals surface area contributed by atoms with Crippen molar-refractivity contribution in [1.82, 2.24) is 50.2 Å². The van der Waals surface area contributed by atoms with Crippen molar-refractivity contribution in [2.45, 2.75) is 32.4 Å². The molecule has 5 heterocycles. The van der Waals surface area contributed by atoms with Crippen LogP contribution in [-0.4, -0.2) is 76.3 Å². The Balaban J connectivity index is 1.15. The molecule has 1 aliphatic heterocycles. The van der Waals surface area contributed by atoms with Crippen LogP contribution in [0.15, 0.2) is 36.9 Å². The first-order valence-corrected chi connectivity index (χ1v) is 11.0. The molecule has 0 aromatic carbocycles. The number of aromatic nitrogens is 10. The van der Waals surface area contributed by atoms with Crippen LogP contribution in [0.3, 0.4) is 0 Å². The Morgan fingerprint density at radius 3 is 2.74 bits per heavy atom. The number of tetrazole rings is 1.